The van der Waals surface area contributed by atoms with Gasteiger partial charge in [-0.15, -0.1) is 0 Å². The van der Waals surface area contributed by atoms with Crippen LogP contribution in [0.5, 0.6) is 0 Å². The highest BCUT2D eigenvalue weighted by molar-refractivity contribution is 6.04. The fourth-order valence-corrected chi connectivity index (χ4v) is 1.57. The van der Waals surface area contributed by atoms with Gasteiger partial charge < -0.3 is 4.74 Å². The number of hydrogen-bond acceptors (Lipinski definition) is 3. The largest absolute Gasteiger partial charge is 0.465 e. The molecule has 1 aromatic heterocycles. The fraction of sp³-hybridized carbons (Fsp3) is 0.200. The molecule has 2 aromatic rings. The summed E-state index contributed by atoms with van der Waals surface area (Å²) < 4.78 is 42.9. The van der Waals surface area contributed by atoms with E-state index >= 15 is 0 Å². The van der Waals surface area contributed by atoms with Crippen molar-refractivity contribution < 1.29 is 22.7 Å². The van der Waals surface area contributed by atoms with Crippen LogP contribution in [0.2, 0.25) is 0 Å². The lowest BCUT2D eigenvalue weighted by molar-refractivity contribution is 0.0602. The lowest BCUT2D eigenvalue weighted by Crippen LogP contribution is -2.03. The van der Waals surface area contributed by atoms with Gasteiger partial charge >= 0.3 is 5.97 Å². The Bertz CT molecular complexity index is 580. The molecule has 1 heterocycles. The van der Waals surface area contributed by atoms with Crippen molar-refractivity contribution in [3.05, 3.63) is 29.2 Å². The van der Waals surface area contributed by atoms with E-state index in [9.17, 15) is 18.0 Å². The second-order valence-electron chi connectivity index (χ2n) is 3.28. The Morgan fingerprint density at radius 1 is 1.47 bits per heavy atom. The Labute approximate surface area is 93.4 Å². The number of halogens is 3. The second-order valence-corrected chi connectivity index (χ2v) is 3.28. The Kier molecular flexibility index (Phi) is 2.74. The zero-order valence-corrected chi connectivity index (χ0v) is 8.63. The summed E-state index contributed by atoms with van der Waals surface area (Å²) in [5, 5.41) is 5.49. The van der Waals surface area contributed by atoms with Crippen LogP contribution in [0, 0.1) is 5.82 Å². The number of nitrogens with one attached hydrogen (secondary N) is 1. The molecule has 1 aromatic carbocycles. The van der Waals surface area contributed by atoms with E-state index in [4.69, 9.17) is 0 Å². The van der Waals surface area contributed by atoms with Crippen LogP contribution in [0.15, 0.2) is 12.1 Å². The number of H-pyrrole nitrogens is 1. The molecule has 90 valence electrons. The number of alkyl halides is 2. The smallest absolute Gasteiger partial charge is 0.338 e. The molecule has 7 heteroatoms. The number of aromatic amines is 1. The number of esters is 1. The topological polar surface area (TPSA) is 55.0 Å². The van der Waals surface area contributed by atoms with Crippen LogP contribution < -0.4 is 0 Å². The van der Waals surface area contributed by atoms with E-state index in [1.54, 1.807) is 0 Å². The number of fused-ring (bicyclic) bond motifs is 1. The molecule has 0 saturated carbocycles. The molecular weight excluding hydrogens is 237 g/mol. The van der Waals surface area contributed by atoms with Crippen molar-refractivity contribution in [1.82, 2.24) is 10.2 Å². The van der Waals surface area contributed by atoms with Crippen molar-refractivity contribution in [1.29, 1.82) is 0 Å². The number of nitrogens with zero attached hydrogens (tertiary/aromatic N) is 1. The minimum Gasteiger partial charge on any atom is -0.465 e. The molecule has 0 saturated heterocycles. The monoisotopic (exact) mass is 244 g/mol. The molecular formula is C10H7F3N2O2. The number of carbonyl (C=O) groups excluding carboxylic acids is 1. The fourth-order valence-electron chi connectivity index (χ4n) is 1.57. The molecule has 0 spiro atoms. The van der Waals surface area contributed by atoms with Gasteiger partial charge in [-0.2, -0.15) is 5.10 Å². The predicted molar refractivity (Wildman–Crippen MR) is 52.3 cm³/mol. The molecule has 0 unspecified atom stereocenters. The van der Waals surface area contributed by atoms with E-state index in [-0.39, 0.29) is 16.5 Å². The molecule has 2 rings (SSSR count). The third-order valence-corrected chi connectivity index (χ3v) is 2.27. The summed E-state index contributed by atoms with van der Waals surface area (Å²) in [7, 11) is 1.08. The van der Waals surface area contributed by atoms with Crippen molar-refractivity contribution >= 4 is 16.9 Å². The van der Waals surface area contributed by atoms with Crippen molar-refractivity contribution in [2.24, 2.45) is 0 Å². The number of ether oxygens (including phenoxy) is 1. The summed E-state index contributed by atoms with van der Waals surface area (Å²) >= 11 is 0. The maximum absolute atomic E-state index is 13.2. The zero-order valence-electron chi connectivity index (χ0n) is 8.63. The third-order valence-electron chi connectivity index (χ3n) is 2.27. The van der Waals surface area contributed by atoms with E-state index in [1.807, 2.05) is 0 Å². The highest BCUT2D eigenvalue weighted by Crippen LogP contribution is 2.29. The normalized spacial score (nSPS) is 11.1. The molecule has 0 atom stereocenters. The van der Waals surface area contributed by atoms with Crippen LogP contribution in [0.3, 0.4) is 0 Å². The van der Waals surface area contributed by atoms with Gasteiger partial charge in [0.1, 0.15) is 11.5 Å². The number of hydrogen-bond donors (Lipinski definition) is 1. The van der Waals surface area contributed by atoms with Gasteiger partial charge in [-0.3, -0.25) is 5.10 Å². The van der Waals surface area contributed by atoms with Gasteiger partial charge in [-0.25, -0.2) is 18.0 Å². The first-order valence-corrected chi connectivity index (χ1v) is 4.58. The van der Waals surface area contributed by atoms with E-state index in [0.717, 1.165) is 19.2 Å². The van der Waals surface area contributed by atoms with Gasteiger partial charge in [-0.05, 0) is 6.07 Å². The summed E-state index contributed by atoms with van der Waals surface area (Å²) in [5.41, 5.74) is -0.840. The molecule has 0 aliphatic rings. The summed E-state index contributed by atoms with van der Waals surface area (Å²) in [6.07, 6.45) is -2.84. The quantitative estimate of drug-likeness (QED) is 0.825. The number of carbonyl (C=O) groups is 1. The lowest BCUT2D eigenvalue weighted by atomic mass is 10.1. The maximum atomic E-state index is 13.2. The van der Waals surface area contributed by atoms with Crippen molar-refractivity contribution in [3.8, 4) is 0 Å². The van der Waals surface area contributed by atoms with Crippen molar-refractivity contribution in [3.63, 3.8) is 0 Å². The Morgan fingerprint density at radius 2 is 2.18 bits per heavy atom. The third kappa shape index (κ3) is 1.83. The summed E-state index contributed by atoms with van der Waals surface area (Å²) in [6, 6.07) is 1.81. The molecule has 4 nitrogen and oxygen atoms in total. The first-order valence-electron chi connectivity index (χ1n) is 4.58. The SMILES string of the molecule is COC(=O)c1cc(F)cc2n[nH]c(C(F)F)c12. The van der Waals surface area contributed by atoms with E-state index in [0.29, 0.717) is 0 Å². The average Bonchev–Trinajstić information content (AvgIpc) is 2.70. The molecule has 1 N–H and O–H groups in total. The van der Waals surface area contributed by atoms with Crippen LogP contribution in [0.4, 0.5) is 13.2 Å². The molecule has 17 heavy (non-hydrogen) atoms. The lowest BCUT2D eigenvalue weighted by Gasteiger charge is -2.03. The first kappa shape index (κ1) is 11.4. The average molecular weight is 244 g/mol. The maximum Gasteiger partial charge on any atom is 0.338 e. The minimum absolute atomic E-state index is 0.0410. The Morgan fingerprint density at radius 3 is 2.76 bits per heavy atom. The number of methoxy groups -OCH3 is 1. The molecule has 0 aliphatic carbocycles. The van der Waals surface area contributed by atoms with E-state index < -0.39 is 23.9 Å². The summed E-state index contributed by atoms with van der Waals surface area (Å²) in [6.45, 7) is 0. The Balaban J connectivity index is 2.78. The van der Waals surface area contributed by atoms with Gasteiger partial charge in [-0.1, -0.05) is 0 Å². The molecule has 0 aliphatic heterocycles. The van der Waals surface area contributed by atoms with Crippen LogP contribution in [0.1, 0.15) is 22.5 Å². The van der Waals surface area contributed by atoms with E-state index in [2.05, 4.69) is 14.9 Å². The first-order chi connectivity index (χ1) is 8.04. The van der Waals surface area contributed by atoms with Gasteiger partial charge in [0, 0.05) is 11.5 Å². The molecule has 0 amide bonds. The van der Waals surface area contributed by atoms with Crippen LogP contribution in [0.25, 0.3) is 10.9 Å². The summed E-state index contributed by atoms with van der Waals surface area (Å²) in [5.74, 6) is -1.64. The zero-order chi connectivity index (χ0) is 12.6. The molecule has 0 bridgehead atoms. The van der Waals surface area contributed by atoms with Crippen LogP contribution in [-0.4, -0.2) is 23.3 Å². The van der Waals surface area contributed by atoms with Gasteiger partial charge in [0.2, 0.25) is 0 Å². The highest BCUT2D eigenvalue weighted by atomic mass is 19.3. The number of rotatable bonds is 2. The Hall–Kier alpha value is -2.05. The standard InChI is InChI=1S/C10H7F3N2O2/c1-17-10(16)5-2-4(11)3-6-7(5)8(9(12)13)15-14-6/h2-3,9H,1H3,(H,14,15). The highest BCUT2D eigenvalue weighted by Gasteiger charge is 2.22. The molecule has 0 radical (unpaired) electrons. The number of benzene rings is 1. The van der Waals surface area contributed by atoms with Crippen LogP contribution in [-0.2, 0) is 4.74 Å². The van der Waals surface area contributed by atoms with Crippen molar-refractivity contribution in [2.75, 3.05) is 7.11 Å². The van der Waals surface area contributed by atoms with Crippen molar-refractivity contribution in [2.45, 2.75) is 6.43 Å². The van der Waals surface area contributed by atoms with Gasteiger partial charge in [0.05, 0.1) is 18.2 Å². The second kappa shape index (κ2) is 4.08. The predicted octanol–water partition coefficient (Wildman–Crippen LogP) is 2.43. The van der Waals surface area contributed by atoms with E-state index in [1.165, 1.54) is 0 Å². The van der Waals surface area contributed by atoms with Gasteiger partial charge in [0.25, 0.3) is 6.43 Å². The van der Waals surface area contributed by atoms with Crippen LogP contribution >= 0.6 is 0 Å². The molecule has 0 fully saturated rings. The number of aromatic nitrogens is 2. The minimum atomic E-state index is -2.84. The van der Waals surface area contributed by atoms with Gasteiger partial charge in [0.15, 0.2) is 0 Å². The summed E-state index contributed by atoms with van der Waals surface area (Å²) in [4.78, 5) is 11.4.